The van der Waals surface area contributed by atoms with E-state index < -0.39 is 10.4 Å². The summed E-state index contributed by atoms with van der Waals surface area (Å²) in [6.45, 7) is 3.84. The van der Waals surface area contributed by atoms with Crippen molar-refractivity contribution in [3.05, 3.63) is 0 Å². The van der Waals surface area contributed by atoms with Gasteiger partial charge in [-0.25, -0.2) is 0 Å². The van der Waals surface area contributed by atoms with E-state index in [1.807, 2.05) is 0 Å². The summed E-state index contributed by atoms with van der Waals surface area (Å²) in [6.07, 6.45) is 5.24. The van der Waals surface area contributed by atoms with Crippen LogP contribution in [0.25, 0.3) is 0 Å². The smallest absolute Gasteiger partial charge is 0.136 e. The molecule has 0 bridgehead atoms. The van der Waals surface area contributed by atoms with Gasteiger partial charge < -0.3 is 5.11 Å². The number of hydrogen-bond donors (Lipinski definition) is 1. The Labute approximate surface area is 85.1 Å². The van der Waals surface area contributed by atoms with Crippen molar-refractivity contribution < 1.29 is 5.11 Å². The van der Waals surface area contributed by atoms with Crippen LogP contribution in [0, 0.1) is 0 Å². The number of alkyl halides is 2. The fraction of sp³-hybridized carbons (Fsp3) is 1.00. The standard InChI is InChI=1S/C9H18Cl2O/c1-3-4-5-6-7-9(2,12)8(10)11/h8,12H,3-7H2,1-2H3/t9-/m1/s1. The lowest BCUT2D eigenvalue weighted by molar-refractivity contribution is 0.0620. The molecule has 0 heterocycles. The Morgan fingerprint density at radius 1 is 1.25 bits per heavy atom. The molecule has 0 saturated carbocycles. The maximum atomic E-state index is 9.63. The van der Waals surface area contributed by atoms with Gasteiger partial charge in [0.1, 0.15) is 4.84 Å². The molecule has 0 aromatic carbocycles. The molecule has 0 amide bonds. The summed E-state index contributed by atoms with van der Waals surface area (Å²) in [7, 11) is 0. The Balaban J connectivity index is 3.47. The average molecular weight is 213 g/mol. The van der Waals surface area contributed by atoms with Crippen molar-refractivity contribution in [3.8, 4) is 0 Å². The van der Waals surface area contributed by atoms with Crippen molar-refractivity contribution in [1.82, 2.24) is 0 Å². The minimum atomic E-state index is -0.920. The normalized spacial score (nSPS) is 16.5. The van der Waals surface area contributed by atoms with Crippen molar-refractivity contribution >= 4 is 23.2 Å². The summed E-state index contributed by atoms with van der Waals surface area (Å²) in [5, 5.41) is 9.63. The van der Waals surface area contributed by atoms with Gasteiger partial charge in [-0.3, -0.25) is 0 Å². The highest BCUT2D eigenvalue weighted by Gasteiger charge is 2.27. The van der Waals surface area contributed by atoms with E-state index in [-0.39, 0.29) is 0 Å². The zero-order chi connectivity index (χ0) is 9.61. The van der Waals surface area contributed by atoms with E-state index in [1.54, 1.807) is 6.92 Å². The van der Waals surface area contributed by atoms with Crippen molar-refractivity contribution in [2.24, 2.45) is 0 Å². The van der Waals surface area contributed by atoms with E-state index in [2.05, 4.69) is 6.92 Å². The molecule has 12 heavy (non-hydrogen) atoms. The molecular formula is C9H18Cl2O. The first-order valence-corrected chi connectivity index (χ1v) is 5.38. The van der Waals surface area contributed by atoms with E-state index in [1.165, 1.54) is 12.8 Å². The van der Waals surface area contributed by atoms with Crippen molar-refractivity contribution in [2.75, 3.05) is 0 Å². The van der Waals surface area contributed by atoms with Gasteiger partial charge in [0.25, 0.3) is 0 Å². The second-order valence-electron chi connectivity index (χ2n) is 3.47. The van der Waals surface area contributed by atoms with Crippen molar-refractivity contribution in [2.45, 2.75) is 56.4 Å². The van der Waals surface area contributed by atoms with Crippen LogP contribution in [0.2, 0.25) is 0 Å². The largest absolute Gasteiger partial charge is 0.387 e. The lowest BCUT2D eigenvalue weighted by Crippen LogP contribution is -2.31. The number of rotatable bonds is 6. The summed E-state index contributed by atoms with van der Waals surface area (Å²) in [6, 6.07) is 0. The van der Waals surface area contributed by atoms with Crippen LogP contribution < -0.4 is 0 Å². The number of halogens is 2. The van der Waals surface area contributed by atoms with Crippen LogP contribution in [0.5, 0.6) is 0 Å². The molecule has 1 atom stereocenters. The highest BCUT2D eigenvalue weighted by atomic mass is 35.5. The van der Waals surface area contributed by atoms with E-state index in [9.17, 15) is 5.11 Å². The number of aliphatic hydroxyl groups is 1. The first kappa shape index (κ1) is 12.5. The molecule has 0 radical (unpaired) electrons. The van der Waals surface area contributed by atoms with Gasteiger partial charge in [0.2, 0.25) is 0 Å². The Bertz CT molecular complexity index is 113. The average Bonchev–Trinajstić information content (AvgIpc) is 1.98. The summed E-state index contributed by atoms with van der Waals surface area (Å²) >= 11 is 11.2. The third kappa shape index (κ3) is 5.23. The van der Waals surface area contributed by atoms with Gasteiger partial charge in [-0.1, -0.05) is 32.6 Å². The van der Waals surface area contributed by atoms with Gasteiger partial charge in [-0.15, -0.1) is 23.2 Å². The lowest BCUT2D eigenvalue weighted by atomic mass is 10.00. The number of unbranched alkanes of at least 4 members (excludes halogenated alkanes) is 3. The molecule has 74 valence electrons. The monoisotopic (exact) mass is 212 g/mol. The first-order valence-electron chi connectivity index (χ1n) is 4.51. The molecule has 0 aliphatic rings. The Morgan fingerprint density at radius 3 is 2.25 bits per heavy atom. The van der Waals surface area contributed by atoms with E-state index in [0.29, 0.717) is 6.42 Å². The molecule has 0 unspecified atom stereocenters. The van der Waals surface area contributed by atoms with Gasteiger partial charge in [0, 0.05) is 0 Å². The lowest BCUT2D eigenvalue weighted by Gasteiger charge is -2.24. The molecule has 0 aliphatic heterocycles. The molecule has 0 aromatic rings. The SMILES string of the molecule is CCCCCC[C@@](C)(O)C(Cl)Cl. The molecule has 0 fully saturated rings. The summed E-state index contributed by atoms with van der Waals surface area (Å²) in [4.78, 5) is -0.681. The van der Waals surface area contributed by atoms with Crippen LogP contribution in [0.1, 0.15) is 46.0 Å². The molecule has 0 spiro atoms. The quantitative estimate of drug-likeness (QED) is 0.528. The summed E-state index contributed by atoms with van der Waals surface area (Å²) < 4.78 is 0. The van der Waals surface area contributed by atoms with Gasteiger partial charge in [-0.05, 0) is 13.3 Å². The summed E-state index contributed by atoms with van der Waals surface area (Å²) in [5.41, 5.74) is -0.920. The van der Waals surface area contributed by atoms with Gasteiger partial charge in [-0.2, -0.15) is 0 Å². The second-order valence-corrected chi connectivity index (χ2v) is 4.56. The third-order valence-corrected chi connectivity index (χ3v) is 2.95. The fourth-order valence-electron chi connectivity index (χ4n) is 1.02. The molecule has 0 saturated heterocycles. The molecular weight excluding hydrogens is 195 g/mol. The van der Waals surface area contributed by atoms with Crippen LogP contribution >= 0.6 is 23.2 Å². The molecule has 3 heteroatoms. The number of hydrogen-bond acceptors (Lipinski definition) is 1. The highest BCUT2D eigenvalue weighted by Crippen LogP contribution is 2.25. The zero-order valence-electron chi connectivity index (χ0n) is 7.82. The van der Waals surface area contributed by atoms with Crippen LogP contribution in [-0.4, -0.2) is 15.5 Å². The first-order chi connectivity index (χ1) is 5.50. The predicted molar refractivity (Wildman–Crippen MR) is 54.9 cm³/mol. The van der Waals surface area contributed by atoms with Crippen LogP contribution in [-0.2, 0) is 0 Å². The van der Waals surface area contributed by atoms with Gasteiger partial charge >= 0.3 is 0 Å². The Kier molecular flexibility index (Phi) is 6.34. The van der Waals surface area contributed by atoms with Crippen LogP contribution in [0.3, 0.4) is 0 Å². The van der Waals surface area contributed by atoms with E-state index in [4.69, 9.17) is 23.2 Å². The zero-order valence-corrected chi connectivity index (χ0v) is 9.33. The predicted octanol–water partition coefficient (Wildman–Crippen LogP) is 3.51. The topological polar surface area (TPSA) is 20.2 Å². The molecule has 0 rings (SSSR count). The van der Waals surface area contributed by atoms with Crippen molar-refractivity contribution in [1.29, 1.82) is 0 Å². The molecule has 0 aliphatic carbocycles. The fourth-order valence-corrected chi connectivity index (χ4v) is 1.24. The van der Waals surface area contributed by atoms with E-state index >= 15 is 0 Å². The molecule has 0 aromatic heterocycles. The van der Waals surface area contributed by atoms with E-state index in [0.717, 1.165) is 12.8 Å². The van der Waals surface area contributed by atoms with Gasteiger partial charge in [0.15, 0.2) is 0 Å². The van der Waals surface area contributed by atoms with Crippen molar-refractivity contribution in [3.63, 3.8) is 0 Å². The minimum Gasteiger partial charge on any atom is -0.387 e. The molecule has 1 nitrogen and oxygen atoms in total. The Morgan fingerprint density at radius 2 is 1.83 bits per heavy atom. The third-order valence-electron chi connectivity index (χ3n) is 2.01. The molecule has 1 N–H and O–H groups in total. The summed E-state index contributed by atoms with van der Waals surface area (Å²) in [5.74, 6) is 0. The maximum absolute atomic E-state index is 9.63. The second kappa shape index (κ2) is 6.06. The van der Waals surface area contributed by atoms with Crippen LogP contribution in [0.15, 0.2) is 0 Å². The van der Waals surface area contributed by atoms with Crippen LogP contribution in [0.4, 0.5) is 0 Å². The Hall–Kier alpha value is 0.540. The van der Waals surface area contributed by atoms with Gasteiger partial charge in [0.05, 0.1) is 5.60 Å². The maximum Gasteiger partial charge on any atom is 0.136 e. The highest BCUT2D eigenvalue weighted by molar-refractivity contribution is 6.45. The minimum absolute atomic E-state index is 0.681.